The van der Waals surface area contributed by atoms with Gasteiger partial charge in [0.15, 0.2) is 0 Å². The molecule has 1 aromatic rings. The van der Waals surface area contributed by atoms with Crippen molar-refractivity contribution in [3.8, 4) is 0 Å². The molecule has 28 heavy (non-hydrogen) atoms. The first-order valence-corrected chi connectivity index (χ1v) is 10.6. The summed E-state index contributed by atoms with van der Waals surface area (Å²) in [5.41, 5.74) is 0.892. The normalized spacial score (nSPS) is 22.0. The van der Waals surface area contributed by atoms with Gasteiger partial charge in [-0.05, 0) is 51.3 Å². The molecule has 0 unspecified atom stereocenters. The van der Waals surface area contributed by atoms with E-state index in [9.17, 15) is 9.59 Å². The zero-order valence-corrected chi connectivity index (χ0v) is 16.9. The van der Waals surface area contributed by atoms with E-state index >= 15 is 0 Å². The Bertz CT molecular complexity index is 631. The Labute approximate surface area is 167 Å². The molecule has 1 atom stereocenters. The monoisotopic (exact) mass is 387 g/mol. The lowest BCUT2D eigenvalue weighted by Gasteiger charge is -2.41. The van der Waals surface area contributed by atoms with Gasteiger partial charge in [-0.2, -0.15) is 0 Å². The molecule has 7 nitrogen and oxygen atoms in total. The molecule has 2 fully saturated rings. The van der Waals surface area contributed by atoms with E-state index < -0.39 is 0 Å². The van der Waals surface area contributed by atoms with Crippen LogP contribution in [0, 0.1) is 5.92 Å². The van der Waals surface area contributed by atoms with Gasteiger partial charge < -0.3 is 10.6 Å². The molecule has 2 saturated heterocycles. The van der Waals surface area contributed by atoms with E-state index in [1.54, 1.807) is 6.20 Å². The van der Waals surface area contributed by atoms with Crippen molar-refractivity contribution in [2.75, 3.05) is 39.3 Å². The van der Waals surface area contributed by atoms with Crippen LogP contribution in [0.5, 0.6) is 0 Å². The zero-order valence-electron chi connectivity index (χ0n) is 16.9. The number of pyridine rings is 1. The number of piperidine rings is 2. The summed E-state index contributed by atoms with van der Waals surface area (Å²) in [4.78, 5) is 33.4. The average molecular weight is 388 g/mol. The van der Waals surface area contributed by atoms with Crippen LogP contribution < -0.4 is 10.6 Å². The molecule has 154 valence electrons. The number of likely N-dealkylation sites (N-methyl/N-ethyl adjacent to an activating group) is 1. The third-order valence-electron chi connectivity index (χ3n) is 5.81. The predicted octanol–water partition coefficient (Wildman–Crippen LogP) is 1.01. The standard InChI is InChI=1S/C21H33N5O2/c1-2-22-20(27)16-25-12-8-19(9-13-25)26-11-5-6-17(15-26)21(28)24-14-18-7-3-4-10-23-18/h3-4,7,10,17,19H,2,5-6,8-9,11-16H2,1H3,(H,22,27)(H,24,28)/t17-/m0/s1. The van der Waals surface area contributed by atoms with E-state index in [-0.39, 0.29) is 17.7 Å². The van der Waals surface area contributed by atoms with Gasteiger partial charge in [-0.1, -0.05) is 6.07 Å². The van der Waals surface area contributed by atoms with Crippen molar-refractivity contribution in [1.29, 1.82) is 0 Å². The maximum absolute atomic E-state index is 12.6. The smallest absolute Gasteiger partial charge is 0.234 e. The Morgan fingerprint density at radius 2 is 1.96 bits per heavy atom. The zero-order chi connectivity index (χ0) is 19.8. The topological polar surface area (TPSA) is 77.6 Å². The molecule has 0 saturated carbocycles. The fraction of sp³-hybridized carbons (Fsp3) is 0.667. The minimum absolute atomic E-state index is 0.0609. The minimum Gasteiger partial charge on any atom is -0.355 e. The molecule has 0 spiro atoms. The van der Waals surface area contributed by atoms with Gasteiger partial charge in [0.25, 0.3) is 0 Å². The number of carbonyl (C=O) groups excluding carboxylic acids is 2. The van der Waals surface area contributed by atoms with Gasteiger partial charge in [0, 0.05) is 38.4 Å². The lowest BCUT2D eigenvalue weighted by Crippen LogP contribution is -2.51. The molecule has 2 aliphatic rings. The summed E-state index contributed by atoms with van der Waals surface area (Å²) >= 11 is 0. The molecule has 2 aliphatic heterocycles. The minimum atomic E-state index is 0.0609. The predicted molar refractivity (Wildman–Crippen MR) is 109 cm³/mol. The molecule has 2 N–H and O–H groups in total. The molecular formula is C21H33N5O2. The van der Waals surface area contributed by atoms with Crippen LogP contribution in [0.15, 0.2) is 24.4 Å². The van der Waals surface area contributed by atoms with Gasteiger partial charge in [-0.15, -0.1) is 0 Å². The lowest BCUT2D eigenvalue weighted by molar-refractivity contribution is -0.127. The van der Waals surface area contributed by atoms with Crippen LogP contribution in [0.1, 0.15) is 38.3 Å². The van der Waals surface area contributed by atoms with Gasteiger partial charge >= 0.3 is 0 Å². The van der Waals surface area contributed by atoms with Crippen LogP contribution in [0.3, 0.4) is 0 Å². The van der Waals surface area contributed by atoms with Gasteiger partial charge in [-0.25, -0.2) is 0 Å². The van der Waals surface area contributed by atoms with Crippen molar-refractivity contribution >= 4 is 11.8 Å². The highest BCUT2D eigenvalue weighted by molar-refractivity contribution is 5.79. The summed E-state index contributed by atoms with van der Waals surface area (Å²) in [7, 11) is 0. The average Bonchev–Trinajstić information content (AvgIpc) is 2.73. The van der Waals surface area contributed by atoms with E-state index in [0.717, 1.165) is 57.6 Å². The molecule has 0 bridgehead atoms. The largest absolute Gasteiger partial charge is 0.355 e. The van der Waals surface area contributed by atoms with Crippen LogP contribution in [-0.2, 0) is 16.1 Å². The molecule has 7 heteroatoms. The molecule has 0 aliphatic carbocycles. The number of nitrogens with zero attached hydrogens (tertiary/aromatic N) is 3. The molecule has 3 heterocycles. The van der Waals surface area contributed by atoms with Crippen molar-refractivity contribution in [2.45, 2.75) is 45.2 Å². The van der Waals surface area contributed by atoms with Gasteiger partial charge in [-0.3, -0.25) is 24.4 Å². The number of carbonyl (C=O) groups is 2. The number of hydrogen-bond acceptors (Lipinski definition) is 5. The maximum Gasteiger partial charge on any atom is 0.234 e. The number of aromatic nitrogens is 1. The Balaban J connectivity index is 1.42. The summed E-state index contributed by atoms with van der Waals surface area (Å²) in [6.45, 7) is 7.45. The van der Waals surface area contributed by atoms with E-state index in [4.69, 9.17) is 0 Å². The van der Waals surface area contributed by atoms with Crippen molar-refractivity contribution in [2.24, 2.45) is 5.92 Å². The van der Waals surface area contributed by atoms with Crippen LogP contribution in [0.4, 0.5) is 0 Å². The highest BCUT2D eigenvalue weighted by Crippen LogP contribution is 2.24. The number of amides is 2. The third-order valence-corrected chi connectivity index (χ3v) is 5.81. The molecule has 3 rings (SSSR count). The first kappa shape index (κ1) is 20.7. The third kappa shape index (κ3) is 6.01. The number of likely N-dealkylation sites (tertiary alicyclic amines) is 2. The molecule has 0 aromatic carbocycles. The highest BCUT2D eigenvalue weighted by Gasteiger charge is 2.31. The Kier molecular flexibility index (Phi) is 7.80. The van der Waals surface area contributed by atoms with Crippen molar-refractivity contribution in [3.63, 3.8) is 0 Å². The summed E-state index contributed by atoms with van der Waals surface area (Å²) in [6.07, 6.45) is 5.92. The first-order valence-electron chi connectivity index (χ1n) is 10.6. The maximum atomic E-state index is 12.6. The number of nitrogens with one attached hydrogen (secondary N) is 2. The Hall–Kier alpha value is -1.99. The number of rotatable bonds is 7. The summed E-state index contributed by atoms with van der Waals surface area (Å²) in [5.74, 6) is 0.318. The van der Waals surface area contributed by atoms with Crippen LogP contribution in [-0.4, -0.2) is 71.9 Å². The van der Waals surface area contributed by atoms with Crippen molar-refractivity contribution in [1.82, 2.24) is 25.4 Å². The van der Waals surface area contributed by atoms with Gasteiger partial charge in [0.1, 0.15) is 0 Å². The number of hydrogen-bond donors (Lipinski definition) is 2. The quantitative estimate of drug-likeness (QED) is 0.730. The second kappa shape index (κ2) is 10.5. The summed E-state index contributed by atoms with van der Waals surface area (Å²) in [6, 6.07) is 6.28. The molecule has 0 radical (unpaired) electrons. The fourth-order valence-electron chi connectivity index (χ4n) is 4.28. The second-order valence-electron chi connectivity index (χ2n) is 7.83. The van der Waals surface area contributed by atoms with Crippen LogP contribution in [0.2, 0.25) is 0 Å². The van der Waals surface area contributed by atoms with E-state index in [1.165, 1.54) is 0 Å². The van der Waals surface area contributed by atoms with Crippen molar-refractivity contribution < 1.29 is 9.59 Å². The lowest BCUT2D eigenvalue weighted by atomic mass is 9.93. The van der Waals surface area contributed by atoms with Gasteiger partial charge in [0.2, 0.25) is 11.8 Å². The van der Waals surface area contributed by atoms with Gasteiger partial charge in [0.05, 0.1) is 24.7 Å². The highest BCUT2D eigenvalue weighted by atomic mass is 16.2. The summed E-state index contributed by atoms with van der Waals surface area (Å²) < 4.78 is 0. The van der Waals surface area contributed by atoms with E-state index in [1.807, 2.05) is 25.1 Å². The summed E-state index contributed by atoms with van der Waals surface area (Å²) in [5, 5.41) is 5.92. The van der Waals surface area contributed by atoms with Crippen molar-refractivity contribution in [3.05, 3.63) is 30.1 Å². The van der Waals surface area contributed by atoms with Crippen LogP contribution in [0.25, 0.3) is 0 Å². The first-order chi connectivity index (χ1) is 13.7. The SMILES string of the molecule is CCNC(=O)CN1CCC(N2CCC[C@H](C(=O)NCc3ccccn3)C2)CC1. The fourth-order valence-corrected chi connectivity index (χ4v) is 4.28. The van der Waals surface area contributed by atoms with Crippen LogP contribution >= 0.6 is 0 Å². The molecule has 2 amide bonds. The van der Waals surface area contributed by atoms with E-state index in [0.29, 0.717) is 25.7 Å². The Morgan fingerprint density at radius 1 is 1.14 bits per heavy atom. The Morgan fingerprint density at radius 3 is 2.68 bits per heavy atom. The molecule has 1 aromatic heterocycles. The molecular weight excluding hydrogens is 354 g/mol. The second-order valence-corrected chi connectivity index (χ2v) is 7.83. The van der Waals surface area contributed by atoms with E-state index in [2.05, 4.69) is 25.4 Å².